The minimum absolute atomic E-state index is 0.0498. The molecule has 0 radical (unpaired) electrons. The van der Waals surface area contributed by atoms with E-state index in [4.69, 9.17) is 0 Å². The maximum absolute atomic E-state index is 13.2. The predicted molar refractivity (Wildman–Crippen MR) is 118 cm³/mol. The largest absolute Gasteiger partial charge is 0.321 e. The SMILES string of the molecule is Cc1c(NC(=O)c2cc(-c3cccnc3)nc3ccc(Br)cc23)cccc1[N+](=O)[O-]. The number of carbonyl (C=O) groups excluding carboxylic acids is 1. The van der Waals surface area contributed by atoms with Gasteiger partial charge in [0, 0.05) is 33.9 Å². The van der Waals surface area contributed by atoms with Gasteiger partial charge in [-0.1, -0.05) is 22.0 Å². The zero-order chi connectivity index (χ0) is 21.3. The smallest absolute Gasteiger partial charge is 0.274 e. The molecule has 0 bridgehead atoms. The third kappa shape index (κ3) is 3.77. The van der Waals surface area contributed by atoms with Gasteiger partial charge in [-0.25, -0.2) is 4.98 Å². The molecule has 0 unspecified atom stereocenters. The van der Waals surface area contributed by atoms with Crippen LogP contribution >= 0.6 is 15.9 Å². The number of carbonyl (C=O) groups is 1. The van der Waals surface area contributed by atoms with Gasteiger partial charge in [0.15, 0.2) is 0 Å². The van der Waals surface area contributed by atoms with Gasteiger partial charge in [-0.15, -0.1) is 0 Å². The number of rotatable bonds is 4. The highest BCUT2D eigenvalue weighted by Gasteiger charge is 2.18. The lowest BCUT2D eigenvalue weighted by molar-refractivity contribution is -0.385. The summed E-state index contributed by atoms with van der Waals surface area (Å²) in [5.41, 5.74) is 3.18. The van der Waals surface area contributed by atoms with Crippen molar-refractivity contribution < 1.29 is 9.72 Å². The number of benzene rings is 2. The number of nitro benzene ring substituents is 1. The lowest BCUT2D eigenvalue weighted by Gasteiger charge is -2.12. The Morgan fingerprint density at radius 3 is 2.70 bits per heavy atom. The molecule has 30 heavy (non-hydrogen) atoms. The van der Waals surface area contributed by atoms with Crippen molar-refractivity contribution in [1.82, 2.24) is 9.97 Å². The fourth-order valence-electron chi connectivity index (χ4n) is 3.19. The Bertz CT molecular complexity index is 1290. The Hall–Kier alpha value is -3.65. The summed E-state index contributed by atoms with van der Waals surface area (Å²) in [7, 11) is 0. The Labute approximate surface area is 180 Å². The second-order valence-electron chi connectivity index (χ2n) is 6.62. The molecule has 4 rings (SSSR count). The van der Waals surface area contributed by atoms with Gasteiger partial charge < -0.3 is 5.32 Å². The van der Waals surface area contributed by atoms with Crippen molar-refractivity contribution in [2.24, 2.45) is 0 Å². The van der Waals surface area contributed by atoms with Crippen LogP contribution in [0.2, 0.25) is 0 Å². The summed E-state index contributed by atoms with van der Waals surface area (Å²) in [6.07, 6.45) is 3.35. The first-order chi connectivity index (χ1) is 14.4. The molecule has 0 aliphatic heterocycles. The van der Waals surface area contributed by atoms with Crippen LogP contribution in [0.25, 0.3) is 22.2 Å². The van der Waals surface area contributed by atoms with Gasteiger partial charge in [0.1, 0.15) is 0 Å². The highest BCUT2D eigenvalue weighted by atomic mass is 79.9. The van der Waals surface area contributed by atoms with Crippen molar-refractivity contribution in [3.05, 3.63) is 92.7 Å². The topological polar surface area (TPSA) is 98.0 Å². The van der Waals surface area contributed by atoms with Crippen LogP contribution in [0.1, 0.15) is 15.9 Å². The molecule has 0 aliphatic rings. The van der Waals surface area contributed by atoms with Gasteiger partial charge in [-0.05, 0) is 49.4 Å². The summed E-state index contributed by atoms with van der Waals surface area (Å²) in [6.45, 7) is 1.61. The first kappa shape index (κ1) is 19.7. The number of nitrogens with one attached hydrogen (secondary N) is 1. The molecule has 2 aromatic heterocycles. The van der Waals surface area contributed by atoms with Crippen molar-refractivity contribution >= 4 is 44.1 Å². The van der Waals surface area contributed by atoms with E-state index in [2.05, 4.69) is 31.2 Å². The van der Waals surface area contributed by atoms with Gasteiger partial charge in [0.05, 0.1) is 32.9 Å². The molecule has 1 amide bonds. The van der Waals surface area contributed by atoms with E-state index >= 15 is 0 Å². The number of pyridine rings is 2. The quantitative estimate of drug-likeness (QED) is 0.317. The first-order valence-corrected chi connectivity index (χ1v) is 9.79. The van der Waals surface area contributed by atoms with Crippen LogP contribution in [0.4, 0.5) is 11.4 Å². The molecule has 0 fully saturated rings. The number of nitro groups is 1. The summed E-state index contributed by atoms with van der Waals surface area (Å²) in [4.78, 5) is 32.8. The Morgan fingerprint density at radius 2 is 1.97 bits per heavy atom. The average molecular weight is 463 g/mol. The third-order valence-corrected chi connectivity index (χ3v) is 5.22. The van der Waals surface area contributed by atoms with Crippen molar-refractivity contribution in [3.63, 3.8) is 0 Å². The monoisotopic (exact) mass is 462 g/mol. The van der Waals surface area contributed by atoms with Crippen LogP contribution < -0.4 is 5.32 Å². The van der Waals surface area contributed by atoms with Crippen LogP contribution in [0.3, 0.4) is 0 Å². The van der Waals surface area contributed by atoms with E-state index in [0.29, 0.717) is 33.4 Å². The molecule has 4 aromatic rings. The fraction of sp³-hybridized carbons (Fsp3) is 0.0455. The van der Waals surface area contributed by atoms with E-state index in [-0.39, 0.29) is 11.6 Å². The summed E-state index contributed by atoms with van der Waals surface area (Å²) < 4.78 is 0.812. The van der Waals surface area contributed by atoms with Crippen molar-refractivity contribution in [2.75, 3.05) is 5.32 Å². The molecular formula is C22H15BrN4O3. The third-order valence-electron chi connectivity index (χ3n) is 4.72. The standard InChI is InChI=1S/C22H15BrN4O3/c1-13-18(5-2-6-21(13)27(29)30)26-22(28)17-11-20(14-4-3-9-24-12-14)25-19-8-7-15(23)10-16(17)19/h2-12H,1H3,(H,26,28). The van der Waals surface area contributed by atoms with Gasteiger partial charge in [-0.3, -0.25) is 19.9 Å². The van der Waals surface area contributed by atoms with Gasteiger partial charge in [-0.2, -0.15) is 0 Å². The fourth-order valence-corrected chi connectivity index (χ4v) is 3.56. The molecule has 2 heterocycles. The Balaban J connectivity index is 1.83. The molecule has 0 aliphatic carbocycles. The molecular weight excluding hydrogens is 448 g/mol. The number of hydrogen-bond donors (Lipinski definition) is 1. The number of aromatic nitrogens is 2. The van der Waals surface area contributed by atoms with Crippen molar-refractivity contribution in [3.8, 4) is 11.3 Å². The maximum atomic E-state index is 13.2. The minimum atomic E-state index is -0.468. The lowest BCUT2D eigenvalue weighted by Crippen LogP contribution is -2.14. The zero-order valence-corrected chi connectivity index (χ0v) is 17.4. The van der Waals surface area contributed by atoms with Crippen LogP contribution in [0.5, 0.6) is 0 Å². The zero-order valence-electron chi connectivity index (χ0n) is 15.8. The molecule has 0 spiro atoms. The van der Waals surface area contributed by atoms with E-state index in [0.717, 1.165) is 10.0 Å². The number of hydrogen-bond acceptors (Lipinski definition) is 5. The summed E-state index contributed by atoms with van der Waals surface area (Å²) in [6, 6.07) is 15.5. The molecule has 1 N–H and O–H groups in total. The lowest BCUT2D eigenvalue weighted by atomic mass is 10.0. The normalized spacial score (nSPS) is 10.7. The molecule has 2 aromatic carbocycles. The molecule has 0 saturated heterocycles. The van der Waals surface area contributed by atoms with E-state index in [9.17, 15) is 14.9 Å². The summed E-state index contributed by atoms with van der Waals surface area (Å²) >= 11 is 3.44. The minimum Gasteiger partial charge on any atom is -0.321 e. The van der Waals surface area contributed by atoms with Crippen molar-refractivity contribution in [2.45, 2.75) is 6.92 Å². The predicted octanol–water partition coefficient (Wildman–Crippen LogP) is 5.53. The van der Waals surface area contributed by atoms with Gasteiger partial charge in [0.25, 0.3) is 11.6 Å². The van der Waals surface area contributed by atoms with Crippen LogP contribution in [-0.2, 0) is 0 Å². The van der Waals surface area contributed by atoms with Crippen LogP contribution in [0, 0.1) is 17.0 Å². The Morgan fingerprint density at radius 1 is 1.13 bits per heavy atom. The van der Waals surface area contributed by atoms with E-state index in [1.165, 1.54) is 6.07 Å². The van der Waals surface area contributed by atoms with Crippen LogP contribution in [0.15, 0.2) is 71.5 Å². The highest BCUT2D eigenvalue weighted by Crippen LogP contribution is 2.29. The molecule has 7 nitrogen and oxygen atoms in total. The maximum Gasteiger partial charge on any atom is 0.274 e. The molecule has 8 heteroatoms. The second-order valence-corrected chi connectivity index (χ2v) is 7.53. The number of fused-ring (bicyclic) bond motifs is 1. The highest BCUT2D eigenvalue weighted by molar-refractivity contribution is 9.10. The number of nitrogens with zero attached hydrogens (tertiary/aromatic N) is 3. The number of amides is 1. The summed E-state index contributed by atoms with van der Waals surface area (Å²) in [5.74, 6) is -0.380. The van der Waals surface area contributed by atoms with E-state index in [1.54, 1.807) is 43.6 Å². The molecule has 0 atom stereocenters. The second kappa shape index (κ2) is 8.00. The Kier molecular flexibility index (Phi) is 5.24. The number of anilines is 1. The van der Waals surface area contributed by atoms with Crippen LogP contribution in [-0.4, -0.2) is 20.8 Å². The molecule has 0 saturated carbocycles. The van der Waals surface area contributed by atoms with Gasteiger partial charge >= 0.3 is 0 Å². The average Bonchev–Trinajstić information content (AvgIpc) is 2.74. The first-order valence-electron chi connectivity index (χ1n) is 9.00. The number of halogens is 1. The van der Waals surface area contributed by atoms with E-state index < -0.39 is 4.92 Å². The van der Waals surface area contributed by atoms with E-state index in [1.807, 2.05) is 24.3 Å². The van der Waals surface area contributed by atoms with Gasteiger partial charge in [0.2, 0.25) is 0 Å². The summed E-state index contributed by atoms with van der Waals surface area (Å²) in [5, 5.41) is 14.7. The van der Waals surface area contributed by atoms with Crippen molar-refractivity contribution in [1.29, 1.82) is 0 Å². The molecule has 148 valence electrons.